The predicted molar refractivity (Wildman–Crippen MR) is 54.0 cm³/mol. The van der Waals surface area contributed by atoms with Gasteiger partial charge in [0.15, 0.2) is 5.65 Å². The Labute approximate surface area is 85.5 Å². The molecule has 5 nitrogen and oxygen atoms in total. The van der Waals surface area contributed by atoms with E-state index in [1.54, 1.807) is 41.7 Å². The third kappa shape index (κ3) is 1.25. The summed E-state index contributed by atoms with van der Waals surface area (Å²) in [6, 6.07) is 1.88. The number of imidazole rings is 1. The summed E-state index contributed by atoms with van der Waals surface area (Å²) in [5.74, 6) is 0. The Kier molecular flexibility index (Phi) is 1.68. The Balaban J connectivity index is 2.31. The molecule has 0 radical (unpaired) electrons. The molecule has 3 heterocycles. The highest BCUT2D eigenvalue weighted by Gasteiger charge is 2.05. The molecular weight excluding hydrogens is 190 g/mol. The van der Waals surface area contributed by atoms with Gasteiger partial charge in [0.2, 0.25) is 0 Å². The first-order chi connectivity index (χ1) is 7.45. The lowest BCUT2D eigenvalue weighted by molar-refractivity contribution is 0.936. The maximum atomic E-state index is 4.24. The lowest BCUT2D eigenvalue weighted by Gasteiger charge is -2.00. The molecule has 0 unspecified atom stereocenters. The van der Waals surface area contributed by atoms with E-state index in [2.05, 4.69) is 20.1 Å². The minimum atomic E-state index is 0.790. The summed E-state index contributed by atoms with van der Waals surface area (Å²) in [5, 5.41) is 4.13. The van der Waals surface area contributed by atoms with Gasteiger partial charge in [0.1, 0.15) is 0 Å². The van der Waals surface area contributed by atoms with Gasteiger partial charge < -0.3 is 0 Å². The fourth-order valence-electron chi connectivity index (χ4n) is 1.48. The topological polar surface area (TPSA) is 56.0 Å². The van der Waals surface area contributed by atoms with Crippen LogP contribution in [0.25, 0.3) is 16.9 Å². The van der Waals surface area contributed by atoms with Crippen LogP contribution in [0.3, 0.4) is 0 Å². The van der Waals surface area contributed by atoms with Gasteiger partial charge >= 0.3 is 0 Å². The highest BCUT2D eigenvalue weighted by molar-refractivity contribution is 5.73. The van der Waals surface area contributed by atoms with Crippen LogP contribution < -0.4 is 0 Å². The van der Waals surface area contributed by atoms with E-state index in [1.807, 2.05) is 6.07 Å². The van der Waals surface area contributed by atoms with Crippen molar-refractivity contribution in [3.05, 3.63) is 43.2 Å². The predicted octanol–water partition coefficient (Wildman–Crippen LogP) is 1.19. The largest absolute Gasteiger partial charge is 0.261 e. The summed E-state index contributed by atoms with van der Waals surface area (Å²) < 4.78 is 1.71. The molecule has 0 spiro atoms. The van der Waals surface area contributed by atoms with Crippen molar-refractivity contribution < 1.29 is 0 Å². The number of rotatable bonds is 1. The van der Waals surface area contributed by atoms with E-state index in [-0.39, 0.29) is 0 Å². The fraction of sp³-hybridized carbons (Fsp3) is 0. The first-order valence-corrected chi connectivity index (χ1v) is 4.50. The molecule has 3 rings (SSSR count). The quantitative estimate of drug-likeness (QED) is 0.588. The summed E-state index contributed by atoms with van der Waals surface area (Å²) in [4.78, 5) is 12.5. The zero-order valence-corrected chi connectivity index (χ0v) is 7.78. The van der Waals surface area contributed by atoms with Gasteiger partial charge in [0, 0.05) is 36.5 Å². The van der Waals surface area contributed by atoms with Crippen molar-refractivity contribution in [3.63, 3.8) is 0 Å². The van der Waals surface area contributed by atoms with Crippen LogP contribution in [-0.4, -0.2) is 24.6 Å². The molecule has 5 heteroatoms. The van der Waals surface area contributed by atoms with Gasteiger partial charge in [0.05, 0.1) is 11.9 Å². The van der Waals surface area contributed by atoms with Crippen LogP contribution in [0.15, 0.2) is 43.2 Å². The monoisotopic (exact) mass is 197 g/mol. The van der Waals surface area contributed by atoms with Gasteiger partial charge in [0.25, 0.3) is 0 Å². The molecule has 0 amide bonds. The Bertz CT molecular complexity index is 587. The maximum Gasteiger partial charge on any atom is 0.162 e. The van der Waals surface area contributed by atoms with Gasteiger partial charge in [-0.15, -0.1) is 0 Å². The normalized spacial score (nSPS) is 10.7. The van der Waals surface area contributed by atoms with Crippen molar-refractivity contribution in [1.29, 1.82) is 0 Å². The summed E-state index contributed by atoms with van der Waals surface area (Å²) in [7, 11) is 0. The molecule has 0 aliphatic rings. The second kappa shape index (κ2) is 3.13. The summed E-state index contributed by atoms with van der Waals surface area (Å²) in [6.45, 7) is 0. The second-order valence-corrected chi connectivity index (χ2v) is 3.03. The standard InChI is InChI=1S/C10H7N5/c1-2-14-15-6-5-13-10(15)8(1)9-7-11-3-4-12-9/h1-7H. The first-order valence-electron chi connectivity index (χ1n) is 4.50. The van der Waals surface area contributed by atoms with Crippen LogP contribution in [0, 0.1) is 0 Å². The van der Waals surface area contributed by atoms with Crippen LogP contribution in [0.1, 0.15) is 0 Å². The average molecular weight is 197 g/mol. The van der Waals surface area contributed by atoms with E-state index >= 15 is 0 Å². The van der Waals surface area contributed by atoms with Crippen molar-refractivity contribution >= 4 is 5.65 Å². The second-order valence-electron chi connectivity index (χ2n) is 3.03. The average Bonchev–Trinajstić information content (AvgIpc) is 2.78. The van der Waals surface area contributed by atoms with Crippen LogP contribution >= 0.6 is 0 Å². The van der Waals surface area contributed by atoms with Gasteiger partial charge in [-0.25, -0.2) is 9.50 Å². The zero-order valence-electron chi connectivity index (χ0n) is 7.78. The molecule has 15 heavy (non-hydrogen) atoms. The molecule has 0 atom stereocenters. The molecule has 0 N–H and O–H groups in total. The SMILES string of the molecule is c1cnc(-c2ccnn3ccnc23)cn1. The zero-order chi connectivity index (χ0) is 10.1. The van der Waals surface area contributed by atoms with Crippen molar-refractivity contribution in [2.75, 3.05) is 0 Å². The van der Waals surface area contributed by atoms with Crippen molar-refractivity contribution in [2.24, 2.45) is 0 Å². The van der Waals surface area contributed by atoms with Gasteiger partial charge in [-0.05, 0) is 6.07 Å². The van der Waals surface area contributed by atoms with Gasteiger partial charge in [-0.3, -0.25) is 9.97 Å². The highest BCUT2D eigenvalue weighted by atomic mass is 15.2. The van der Waals surface area contributed by atoms with Crippen molar-refractivity contribution in [1.82, 2.24) is 24.6 Å². The Hall–Kier alpha value is -2.30. The number of nitrogens with zero attached hydrogens (tertiary/aromatic N) is 5. The smallest absolute Gasteiger partial charge is 0.162 e. The van der Waals surface area contributed by atoms with Gasteiger partial charge in [-0.2, -0.15) is 5.10 Å². The molecule has 0 fully saturated rings. The summed E-state index contributed by atoms with van der Waals surface area (Å²) in [5.41, 5.74) is 2.53. The number of hydrogen-bond acceptors (Lipinski definition) is 4. The lowest BCUT2D eigenvalue weighted by atomic mass is 10.2. The Morgan fingerprint density at radius 3 is 2.87 bits per heavy atom. The molecule has 0 aliphatic heterocycles. The van der Waals surface area contributed by atoms with E-state index in [0.29, 0.717) is 0 Å². The van der Waals surface area contributed by atoms with E-state index in [1.165, 1.54) is 0 Å². The first kappa shape index (κ1) is 8.05. The third-order valence-electron chi connectivity index (χ3n) is 2.13. The van der Waals surface area contributed by atoms with Crippen molar-refractivity contribution in [2.45, 2.75) is 0 Å². The number of hydrogen-bond donors (Lipinski definition) is 0. The van der Waals surface area contributed by atoms with Crippen molar-refractivity contribution in [3.8, 4) is 11.3 Å². The fourth-order valence-corrected chi connectivity index (χ4v) is 1.48. The van der Waals surface area contributed by atoms with Crippen LogP contribution in [0.4, 0.5) is 0 Å². The van der Waals surface area contributed by atoms with E-state index in [9.17, 15) is 0 Å². The number of aromatic nitrogens is 5. The minimum Gasteiger partial charge on any atom is -0.261 e. The molecule has 3 aromatic heterocycles. The molecule has 0 bridgehead atoms. The maximum absolute atomic E-state index is 4.24. The van der Waals surface area contributed by atoms with Crippen LogP contribution in [0.2, 0.25) is 0 Å². The lowest BCUT2D eigenvalue weighted by Crippen LogP contribution is -1.93. The molecular formula is C10H7N5. The molecule has 72 valence electrons. The Morgan fingerprint density at radius 1 is 1.00 bits per heavy atom. The molecule has 0 aliphatic carbocycles. The third-order valence-corrected chi connectivity index (χ3v) is 2.13. The van der Waals surface area contributed by atoms with E-state index in [4.69, 9.17) is 0 Å². The van der Waals surface area contributed by atoms with Gasteiger partial charge in [-0.1, -0.05) is 0 Å². The molecule has 0 saturated heterocycles. The highest BCUT2D eigenvalue weighted by Crippen LogP contribution is 2.18. The number of fused-ring (bicyclic) bond motifs is 1. The summed E-state index contributed by atoms with van der Waals surface area (Å²) >= 11 is 0. The molecule has 3 aromatic rings. The van der Waals surface area contributed by atoms with E-state index in [0.717, 1.165) is 16.9 Å². The molecule has 0 aromatic carbocycles. The summed E-state index contributed by atoms with van der Waals surface area (Å²) in [6.07, 6.45) is 10.3. The van der Waals surface area contributed by atoms with Crippen LogP contribution in [0.5, 0.6) is 0 Å². The van der Waals surface area contributed by atoms with Crippen LogP contribution in [-0.2, 0) is 0 Å². The van der Waals surface area contributed by atoms with E-state index < -0.39 is 0 Å². The minimum absolute atomic E-state index is 0.790. The molecule has 0 saturated carbocycles. The Morgan fingerprint density at radius 2 is 2.00 bits per heavy atom.